The average molecular weight is 201 g/mol. The minimum Gasteiger partial charge on any atom is -0.306 e. The molecule has 0 aromatic heterocycles. The molecular weight excluding hydrogens is 182 g/mol. The van der Waals surface area contributed by atoms with Crippen LogP contribution < -0.4 is 5.32 Å². The van der Waals surface area contributed by atoms with Crippen molar-refractivity contribution in [1.82, 2.24) is 5.32 Å². The summed E-state index contributed by atoms with van der Waals surface area (Å²) < 4.78 is 0. The maximum atomic E-state index is 3.62. The van der Waals surface area contributed by atoms with Crippen molar-refractivity contribution < 1.29 is 0 Å². The van der Waals surface area contributed by atoms with Gasteiger partial charge in [-0.2, -0.15) is 0 Å². The van der Waals surface area contributed by atoms with Crippen LogP contribution in [-0.4, -0.2) is 6.04 Å². The number of hydrogen-bond acceptors (Lipinski definition) is 1. The van der Waals surface area contributed by atoms with E-state index in [1.165, 1.54) is 5.56 Å². The van der Waals surface area contributed by atoms with Gasteiger partial charge in [-0.1, -0.05) is 50.8 Å². The molecule has 1 unspecified atom stereocenters. The predicted molar refractivity (Wildman–Crippen MR) is 65.6 cm³/mol. The van der Waals surface area contributed by atoms with Crippen LogP contribution in [0.1, 0.15) is 19.4 Å². The van der Waals surface area contributed by atoms with E-state index in [-0.39, 0.29) is 0 Å². The fraction of sp³-hybridized carbons (Fsp3) is 0.357. The fourth-order valence-corrected chi connectivity index (χ4v) is 1.45. The summed E-state index contributed by atoms with van der Waals surface area (Å²) in [6.07, 6.45) is 1.99. The van der Waals surface area contributed by atoms with Gasteiger partial charge in [0.15, 0.2) is 0 Å². The average Bonchev–Trinajstić information content (AvgIpc) is 2.25. The van der Waals surface area contributed by atoms with Crippen molar-refractivity contribution in [1.29, 1.82) is 0 Å². The Morgan fingerprint density at radius 1 is 1.33 bits per heavy atom. The molecule has 1 rings (SSSR count). The van der Waals surface area contributed by atoms with Gasteiger partial charge in [0, 0.05) is 12.6 Å². The molecule has 0 aliphatic rings. The van der Waals surface area contributed by atoms with Crippen molar-refractivity contribution in [2.75, 3.05) is 0 Å². The van der Waals surface area contributed by atoms with E-state index in [1.54, 1.807) is 0 Å². The van der Waals surface area contributed by atoms with E-state index < -0.39 is 0 Å². The molecule has 1 N–H and O–H groups in total. The maximum Gasteiger partial charge on any atom is 0.0350 e. The summed E-state index contributed by atoms with van der Waals surface area (Å²) in [4.78, 5) is 0. The molecule has 0 saturated heterocycles. The highest BCUT2D eigenvalue weighted by molar-refractivity contribution is 5.14. The van der Waals surface area contributed by atoms with E-state index in [9.17, 15) is 0 Å². The first-order valence-electron chi connectivity index (χ1n) is 5.37. The fourth-order valence-electron chi connectivity index (χ4n) is 1.45. The second kappa shape index (κ2) is 6.23. The molecule has 0 aliphatic carbocycles. The lowest BCUT2D eigenvalue weighted by atomic mass is 10.0. The molecule has 15 heavy (non-hydrogen) atoms. The first-order chi connectivity index (χ1) is 7.24. The SMILES string of the molecule is C=C=CC(NCc1ccccc1)C(C)C. The third-order valence-corrected chi connectivity index (χ3v) is 2.40. The molecule has 80 valence electrons. The molecule has 0 spiro atoms. The summed E-state index contributed by atoms with van der Waals surface area (Å²) in [6, 6.07) is 10.8. The minimum atomic E-state index is 0.350. The minimum absolute atomic E-state index is 0.350. The maximum absolute atomic E-state index is 3.62. The molecular formula is C14H19N. The lowest BCUT2D eigenvalue weighted by molar-refractivity contribution is 0.464. The van der Waals surface area contributed by atoms with Gasteiger partial charge in [0.2, 0.25) is 0 Å². The number of hydrogen-bond donors (Lipinski definition) is 1. The van der Waals surface area contributed by atoms with Crippen LogP contribution in [0, 0.1) is 5.92 Å². The molecule has 1 aromatic carbocycles. The Kier molecular flexibility index (Phi) is 4.89. The van der Waals surface area contributed by atoms with E-state index in [4.69, 9.17) is 0 Å². The van der Waals surface area contributed by atoms with E-state index in [0.29, 0.717) is 12.0 Å². The van der Waals surface area contributed by atoms with Gasteiger partial charge in [0.25, 0.3) is 0 Å². The summed E-state index contributed by atoms with van der Waals surface area (Å²) in [6.45, 7) is 8.89. The second-order valence-corrected chi connectivity index (χ2v) is 4.01. The van der Waals surface area contributed by atoms with Crippen LogP contribution in [0.4, 0.5) is 0 Å². The van der Waals surface area contributed by atoms with Crippen LogP contribution in [0.15, 0.2) is 48.7 Å². The van der Waals surface area contributed by atoms with Gasteiger partial charge in [0.1, 0.15) is 0 Å². The van der Waals surface area contributed by atoms with E-state index in [1.807, 2.05) is 12.1 Å². The van der Waals surface area contributed by atoms with Crippen molar-refractivity contribution in [3.8, 4) is 0 Å². The molecule has 1 aromatic rings. The van der Waals surface area contributed by atoms with E-state index in [0.717, 1.165) is 6.54 Å². The first-order valence-corrected chi connectivity index (χ1v) is 5.37. The predicted octanol–water partition coefficient (Wildman–Crippen LogP) is 3.14. The summed E-state index contributed by atoms with van der Waals surface area (Å²) in [5.41, 5.74) is 4.15. The molecule has 1 heteroatoms. The largest absolute Gasteiger partial charge is 0.306 e. The molecule has 1 atom stereocenters. The number of nitrogens with one attached hydrogen (secondary N) is 1. The first kappa shape index (κ1) is 11.8. The van der Waals surface area contributed by atoms with Gasteiger partial charge in [-0.15, -0.1) is 5.73 Å². The molecule has 0 amide bonds. The highest BCUT2D eigenvalue weighted by Crippen LogP contribution is 2.05. The van der Waals surface area contributed by atoms with Crippen molar-refractivity contribution in [3.63, 3.8) is 0 Å². The molecule has 0 heterocycles. The topological polar surface area (TPSA) is 12.0 Å². The number of rotatable bonds is 5. The molecule has 0 saturated carbocycles. The Labute approximate surface area is 92.5 Å². The quantitative estimate of drug-likeness (QED) is 0.722. The van der Waals surface area contributed by atoms with Gasteiger partial charge in [-0.3, -0.25) is 0 Å². The van der Waals surface area contributed by atoms with Crippen molar-refractivity contribution in [2.45, 2.75) is 26.4 Å². The summed E-state index contributed by atoms with van der Waals surface area (Å²) in [5.74, 6) is 0.558. The zero-order valence-electron chi connectivity index (χ0n) is 9.53. The summed E-state index contributed by atoms with van der Waals surface area (Å²) in [5, 5.41) is 3.48. The highest BCUT2D eigenvalue weighted by atomic mass is 14.9. The van der Waals surface area contributed by atoms with Crippen LogP contribution in [0.2, 0.25) is 0 Å². The third kappa shape index (κ3) is 4.16. The van der Waals surface area contributed by atoms with Gasteiger partial charge in [-0.25, -0.2) is 0 Å². The Balaban J connectivity index is 2.51. The lowest BCUT2D eigenvalue weighted by Crippen LogP contribution is -2.31. The Bertz CT molecular complexity index is 320. The second-order valence-electron chi connectivity index (χ2n) is 4.01. The van der Waals surface area contributed by atoms with E-state index >= 15 is 0 Å². The highest BCUT2D eigenvalue weighted by Gasteiger charge is 2.08. The van der Waals surface area contributed by atoms with Crippen LogP contribution >= 0.6 is 0 Å². The van der Waals surface area contributed by atoms with Crippen LogP contribution in [-0.2, 0) is 6.54 Å². The number of benzene rings is 1. The van der Waals surface area contributed by atoms with Crippen LogP contribution in [0.5, 0.6) is 0 Å². The summed E-state index contributed by atoms with van der Waals surface area (Å²) in [7, 11) is 0. The van der Waals surface area contributed by atoms with Gasteiger partial charge >= 0.3 is 0 Å². The zero-order valence-corrected chi connectivity index (χ0v) is 9.53. The van der Waals surface area contributed by atoms with Crippen LogP contribution in [0.3, 0.4) is 0 Å². The van der Waals surface area contributed by atoms with Crippen molar-refractivity contribution in [2.24, 2.45) is 5.92 Å². The van der Waals surface area contributed by atoms with Crippen LogP contribution in [0.25, 0.3) is 0 Å². The Hall–Kier alpha value is -1.30. The molecule has 0 radical (unpaired) electrons. The molecule has 0 fully saturated rings. The molecule has 0 aliphatic heterocycles. The summed E-state index contributed by atoms with van der Waals surface area (Å²) >= 11 is 0. The van der Waals surface area contributed by atoms with Crippen molar-refractivity contribution >= 4 is 0 Å². The van der Waals surface area contributed by atoms with E-state index in [2.05, 4.69) is 55.7 Å². The monoisotopic (exact) mass is 201 g/mol. The third-order valence-electron chi connectivity index (χ3n) is 2.40. The van der Waals surface area contributed by atoms with Crippen molar-refractivity contribution in [3.05, 3.63) is 54.3 Å². The molecule has 1 nitrogen and oxygen atoms in total. The smallest absolute Gasteiger partial charge is 0.0350 e. The van der Waals surface area contributed by atoms with Gasteiger partial charge in [0.05, 0.1) is 0 Å². The standard InChI is InChI=1S/C14H19N/c1-4-8-14(12(2)3)15-11-13-9-6-5-7-10-13/h5-10,12,14-15H,1,11H2,2-3H3. The van der Waals surface area contributed by atoms with Gasteiger partial charge < -0.3 is 5.32 Å². The molecule has 0 bridgehead atoms. The Morgan fingerprint density at radius 2 is 2.00 bits per heavy atom. The lowest BCUT2D eigenvalue weighted by Gasteiger charge is -2.17. The normalized spacial score (nSPS) is 12.2. The van der Waals surface area contributed by atoms with Gasteiger partial charge in [-0.05, 0) is 17.6 Å². The Morgan fingerprint density at radius 3 is 2.53 bits per heavy atom. The zero-order chi connectivity index (χ0) is 11.1.